The molecule has 0 bridgehead atoms. The molecule has 0 radical (unpaired) electrons. The van der Waals surface area contributed by atoms with Crippen LogP contribution in [0.4, 0.5) is 39.5 Å². The number of fused-ring (bicyclic) bond motifs is 2. The van der Waals surface area contributed by atoms with E-state index in [4.69, 9.17) is 4.74 Å². The van der Waals surface area contributed by atoms with E-state index in [2.05, 4.69) is 0 Å². The van der Waals surface area contributed by atoms with Crippen LogP contribution in [0.5, 0.6) is 5.75 Å². The molecular formula is C27H11F9O. The van der Waals surface area contributed by atoms with Gasteiger partial charge in [0.2, 0.25) is 0 Å². The molecule has 0 aromatic heterocycles. The third kappa shape index (κ3) is 3.75. The molecule has 5 rings (SSSR count). The maximum absolute atomic E-state index is 15.2. The van der Waals surface area contributed by atoms with Gasteiger partial charge in [0.25, 0.3) is 0 Å². The Kier molecular flexibility index (Phi) is 5.77. The lowest BCUT2D eigenvalue weighted by molar-refractivity contribution is 0.407. The minimum Gasteiger partial charge on any atom is -0.497 e. The second-order valence-electron chi connectivity index (χ2n) is 8.06. The normalized spacial score (nSPS) is 11.5. The Morgan fingerprint density at radius 1 is 0.432 bits per heavy atom. The molecule has 188 valence electrons. The lowest BCUT2D eigenvalue weighted by Crippen LogP contribution is -2.02. The molecule has 0 atom stereocenters. The number of hydrogen-bond acceptors (Lipinski definition) is 1. The van der Waals surface area contributed by atoms with Crippen molar-refractivity contribution in [2.24, 2.45) is 0 Å². The van der Waals surface area contributed by atoms with Crippen molar-refractivity contribution in [1.29, 1.82) is 0 Å². The maximum Gasteiger partial charge on any atom is 0.169 e. The first kappa shape index (κ1) is 24.5. The molecule has 0 N–H and O–H groups in total. The number of methoxy groups -OCH3 is 1. The largest absolute Gasteiger partial charge is 0.497 e. The van der Waals surface area contributed by atoms with Gasteiger partial charge in [0.15, 0.2) is 34.9 Å². The Labute approximate surface area is 202 Å². The van der Waals surface area contributed by atoms with E-state index in [9.17, 15) is 30.7 Å². The zero-order valence-electron chi connectivity index (χ0n) is 18.4. The van der Waals surface area contributed by atoms with Crippen molar-refractivity contribution in [2.45, 2.75) is 0 Å². The molecule has 0 heterocycles. The standard InChI is InChI=1S/C27H11F9O/c1-37-11-5-18(31)24(19(32)6-11)22-12-3-2-10(28)4-13(12)23(15-8-17(30)16(29)7-14(15)22)25-26(35)20(33)9-21(34)27(25)36/h2-9H,1H3. The van der Waals surface area contributed by atoms with Gasteiger partial charge >= 0.3 is 0 Å². The Morgan fingerprint density at radius 2 is 0.919 bits per heavy atom. The molecule has 37 heavy (non-hydrogen) atoms. The van der Waals surface area contributed by atoms with E-state index >= 15 is 8.78 Å². The summed E-state index contributed by atoms with van der Waals surface area (Å²) in [5.41, 5.74) is -3.30. The van der Waals surface area contributed by atoms with E-state index < -0.39 is 90.8 Å². The number of benzene rings is 5. The molecule has 0 aliphatic rings. The Balaban J connectivity index is 2.11. The average Bonchev–Trinajstić information content (AvgIpc) is 2.84. The van der Waals surface area contributed by atoms with Gasteiger partial charge in [0.05, 0.1) is 18.2 Å². The molecule has 0 fully saturated rings. The van der Waals surface area contributed by atoms with Crippen molar-refractivity contribution in [2.75, 3.05) is 7.11 Å². The lowest BCUT2D eigenvalue weighted by Gasteiger charge is -2.20. The van der Waals surface area contributed by atoms with Crippen molar-refractivity contribution < 1.29 is 44.3 Å². The summed E-state index contributed by atoms with van der Waals surface area (Å²) in [5.74, 6) is -14.1. The monoisotopic (exact) mass is 522 g/mol. The summed E-state index contributed by atoms with van der Waals surface area (Å²) in [4.78, 5) is 0. The molecule has 0 aliphatic carbocycles. The summed E-state index contributed by atoms with van der Waals surface area (Å²) < 4.78 is 137. The molecule has 0 spiro atoms. The van der Waals surface area contributed by atoms with Crippen molar-refractivity contribution in [3.05, 3.63) is 101 Å². The van der Waals surface area contributed by atoms with Crippen LogP contribution in [0.15, 0.2) is 48.5 Å². The van der Waals surface area contributed by atoms with Crippen LogP contribution in [0.3, 0.4) is 0 Å². The average molecular weight is 522 g/mol. The van der Waals surface area contributed by atoms with Crippen LogP contribution in [0.2, 0.25) is 0 Å². The lowest BCUT2D eigenvalue weighted by atomic mass is 9.85. The number of halogens is 9. The van der Waals surface area contributed by atoms with Crippen LogP contribution in [-0.2, 0) is 0 Å². The first-order valence-electron chi connectivity index (χ1n) is 10.4. The fourth-order valence-electron chi connectivity index (χ4n) is 4.43. The molecule has 1 nitrogen and oxygen atoms in total. The molecular weight excluding hydrogens is 511 g/mol. The summed E-state index contributed by atoms with van der Waals surface area (Å²) >= 11 is 0. The molecule has 0 saturated carbocycles. The highest BCUT2D eigenvalue weighted by Gasteiger charge is 2.28. The van der Waals surface area contributed by atoms with Crippen LogP contribution in [0.1, 0.15) is 0 Å². The molecule has 0 amide bonds. The number of ether oxygens (including phenoxy) is 1. The van der Waals surface area contributed by atoms with Gasteiger partial charge in [-0.15, -0.1) is 0 Å². The van der Waals surface area contributed by atoms with Crippen LogP contribution >= 0.6 is 0 Å². The second kappa shape index (κ2) is 8.72. The molecule has 5 aromatic rings. The SMILES string of the molecule is COc1cc(F)c(-c2c3ccc(F)cc3c(-c3c(F)c(F)cc(F)c3F)c3cc(F)c(F)cc23)c(F)c1. The molecule has 0 aliphatic heterocycles. The Bertz CT molecular complexity index is 1710. The van der Waals surface area contributed by atoms with Crippen LogP contribution in [0, 0.1) is 52.4 Å². The molecule has 5 aromatic carbocycles. The smallest absolute Gasteiger partial charge is 0.169 e. The summed E-state index contributed by atoms with van der Waals surface area (Å²) in [5, 5.41) is -1.82. The Morgan fingerprint density at radius 3 is 1.43 bits per heavy atom. The highest BCUT2D eigenvalue weighted by molar-refractivity contribution is 6.21. The summed E-state index contributed by atoms with van der Waals surface area (Å²) in [7, 11) is 1.15. The van der Waals surface area contributed by atoms with Crippen molar-refractivity contribution >= 4 is 21.5 Å². The predicted molar refractivity (Wildman–Crippen MR) is 119 cm³/mol. The van der Waals surface area contributed by atoms with Gasteiger partial charge in [0, 0.05) is 29.3 Å². The van der Waals surface area contributed by atoms with E-state index in [-0.39, 0.29) is 17.2 Å². The molecule has 0 unspecified atom stereocenters. The minimum atomic E-state index is -1.90. The van der Waals surface area contributed by atoms with E-state index in [1.807, 2.05) is 0 Å². The van der Waals surface area contributed by atoms with E-state index in [0.717, 1.165) is 31.4 Å². The van der Waals surface area contributed by atoms with Gasteiger partial charge in [-0.05, 0) is 45.8 Å². The molecule has 0 saturated heterocycles. The zero-order valence-corrected chi connectivity index (χ0v) is 18.4. The summed E-state index contributed by atoms with van der Waals surface area (Å²) in [6.07, 6.45) is 0. The zero-order chi connectivity index (χ0) is 26.8. The Hall–Kier alpha value is -4.21. The first-order valence-corrected chi connectivity index (χ1v) is 10.4. The minimum absolute atomic E-state index is 0.0597. The van der Waals surface area contributed by atoms with Gasteiger partial charge in [-0.25, -0.2) is 39.5 Å². The third-order valence-corrected chi connectivity index (χ3v) is 5.98. The van der Waals surface area contributed by atoms with Crippen LogP contribution in [0.25, 0.3) is 43.8 Å². The quantitative estimate of drug-likeness (QED) is 0.131. The topological polar surface area (TPSA) is 9.23 Å². The third-order valence-electron chi connectivity index (χ3n) is 5.98. The second-order valence-corrected chi connectivity index (χ2v) is 8.06. The predicted octanol–water partition coefficient (Wildman–Crippen LogP) is 8.59. The van der Waals surface area contributed by atoms with Gasteiger partial charge in [-0.1, -0.05) is 6.07 Å². The van der Waals surface area contributed by atoms with Crippen molar-refractivity contribution in [1.82, 2.24) is 0 Å². The van der Waals surface area contributed by atoms with Gasteiger partial charge < -0.3 is 4.74 Å². The first-order chi connectivity index (χ1) is 17.5. The number of hydrogen-bond donors (Lipinski definition) is 0. The highest BCUT2D eigenvalue weighted by Crippen LogP contribution is 2.47. The number of rotatable bonds is 3. The fraction of sp³-hybridized carbons (Fsp3) is 0.0370. The van der Waals surface area contributed by atoms with Crippen molar-refractivity contribution in [3.8, 4) is 28.0 Å². The molecule has 10 heteroatoms. The highest BCUT2D eigenvalue weighted by atomic mass is 19.2. The van der Waals surface area contributed by atoms with Gasteiger partial charge in [0.1, 0.15) is 23.2 Å². The maximum atomic E-state index is 15.2. The van der Waals surface area contributed by atoms with Crippen LogP contribution in [-0.4, -0.2) is 7.11 Å². The fourth-order valence-corrected chi connectivity index (χ4v) is 4.43. The van der Waals surface area contributed by atoms with E-state index in [0.29, 0.717) is 18.2 Å². The van der Waals surface area contributed by atoms with Gasteiger partial charge in [-0.3, -0.25) is 0 Å². The van der Waals surface area contributed by atoms with E-state index in [1.54, 1.807) is 0 Å². The van der Waals surface area contributed by atoms with E-state index in [1.165, 1.54) is 0 Å². The van der Waals surface area contributed by atoms with Gasteiger partial charge in [-0.2, -0.15) is 0 Å². The summed E-state index contributed by atoms with van der Waals surface area (Å²) in [6, 6.07) is 5.02. The van der Waals surface area contributed by atoms with Crippen molar-refractivity contribution in [3.63, 3.8) is 0 Å². The summed E-state index contributed by atoms with van der Waals surface area (Å²) in [6.45, 7) is 0. The van der Waals surface area contributed by atoms with Crippen LogP contribution < -0.4 is 4.74 Å².